The molecule has 19 heavy (non-hydrogen) atoms. The molecule has 0 aromatic rings. The van der Waals surface area contributed by atoms with Crippen molar-refractivity contribution in [2.24, 2.45) is 5.92 Å². The van der Waals surface area contributed by atoms with Gasteiger partial charge in [-0.05, 0) is 0 Å². The van der Waals surface area contributed by atoms with Gasteiger partial charge in [0, 0.05) is 27.2 Å². The SMILES string of the molecule is CO[C@@H]1OC(COS(=O)(=O)O)[C@H](C)[C@H](OC)[C@H]1OC. The number of methoxy groups -OCH3 is 3. The van der Waals surface area contributed by atoms with E-state index in [1.165, 1.54) is 21.3 Å². The minimum Gasteiger partial charge on any atom is -0.378 e. The zero-order valence-corrected chi connectivity index (χ0v) is 12.1. The van der Waals surface area contributed by atoms with Gasteiger partial charge in [-0.2, -0.15) is 8.42 Å². The van der Waals surface area contributed by atoms with Crippen LogP contribution in [0.5, 0.6) is 0 Å². The molecule has 8 nitrogen and oxygen atoms in total. The first kappa shape index (κ1) is 16.8. The lowest BCUT2D eigenvalue weighted by atomic mass is 9.90. The van der Waals surface area contributed by atoms with E-state index in [1.807, 2.05) is 6.92 Å². The molecule has 1 aliphatic rings. The lowest BCUT2D eigenvalue weighted by molar-refractivity contribution is -0.288. The molecule has 1 fully saturated rings. The fraction of sp³-hybridized carbons (Fsp3) is 1.00. The minimum atomic E-state index is -4.51. The van der Waals surface area contributed by atoms with Crippen LogP contribution in [0.15, 0.2) is 0 Å². The van der Waals surface area contributed by atoms with Crippen molar-refractivity contribution in [1.29, 1.82) is 0 Å². The van der Waals surface area contributed by atoms with E-state index >= 15 is 0 Å². The van der Waals surface area contributed by atoms with Crippen LogP contribution < -0.4 is 0 Å². The van der Waals surface area contributed by atoms with Crippen molar-refractivity contribution >= 4 is 10.4 Å². The Morgan fingerprint density at radius 1 is 1.11 bits per heavy atom. The summed E-state index contributed by atoms with van der Waals surface area (Å²) < 4.78 is 55.4. The molecule has 0 aromatic carbocycles. The molecule has 1 unspecified atom stereocenters. The number of ether oxygens (including phenoxy) is 4. The number of hydrogen-bond donors (Lipinski definition) is 1. The molecule has 0 bridgehead atoms. The Bertz CT molecular complexity index is 370. The summed E-state index contributed by atoms with van der Waals surface area (Å²) in [6.45, 7) is 1.49. The second kappa shape index (κ2) is 6.93. The molecule has 1 saturated heterocycles. The molecular weight excluding hydrogens is 280 g/mol. The van der Waals surface area contributed by atoms with Crippen LogP contribution in [0, 0.1) is 5.92 Å². The van der Waals surface area contributed by atoms with Crippen molar-refractivity contribution in [1.82, 2.24) is 0 Å². The summed E-state index contributed by atoms with van der Waals surface area (Å²) in [5, 5.41) is 0. The van der Waals surface area contributed by atoms with Gasteiger partial charge >= 0.3 is 10.4 Å². The van der Waals surface area contributed by atoms with Crippen molar-refractivity contribution in [3.63, 3.8) is 0 Å². The van der Waals surface area contributed by atoms with Crippen molar-refractivity contribution in [2.75, 3.05) is 27.9 Å². The second-order valence-corrected chi connectivity index (χ2v) is 5.34. The van der Waals surface area contributed by atoms with Crippen LogP contribution in [0.25, 0.3) is 0 Å². The Labute approximate surface area is 112 Å². The summed E-state index contributed by atoms with van der Waals surface area (Å²) in [5.74, 6) is -0.205. The average Bonchev–Trinajstić information content (AvgIpc) is 2.35. The summed E-state index contributed by atoms with van der Waals surface area (Å²) in [6.07, 6.45) is -2.10. The van der Waals surface area contributed by atoms with Crippen LogP contribution in [0.1, 0.15) is 6.92 Å². The van der Waals surface area contributed by atoms with E-state index in [-0.39, 0.29) is 18.6 Å². The van der Waals surface area contributed by atoms with E-state index in [9.17, 15) is 8.42 Å². The molecule has 5 atom stereocenters. The molecule has 0 amide bonds. The molecule has 1 rings (SSSR count). The summed E-state index contributed by atoms with van der Waals surface area (Å²) in [6, 6.07) is 0. The van der Waals surface area contributed by atoms with Crippen molar-refractivity contribution in [3.8, 4) is 0 Å². The highest BCUT2D eigenvalue weighted by atomic mass is 32.3. The zero-order valence-electron chi connectivity index (χ0n) is 11.3. The average molecular weight is 300 g/mol. The van der Waals surface area contributed by atoms with Crippen molar-refractivity contribution in [3.05, 3.63) is 0 Å². The molecular formula is C10H20O8S. The van der Waals surface area contributed by atoms with Gasteiger partial charge in [0.2, 0.25) is 0 Å². The minimum absolute atomic E-state index is 0.205. The van der Waals surface area contributed by atoms with Gasteiger partial charge in [0.1, 0.15) is 6.10 Å². The Hall–Kier alpha value is -0.290. The van der Waals surface area contributed by atoms with E-state index in [1.54, 1.807) is 0 Å². The van der Waals surface area contributed by atoms with E-state index in [0.29, 0.717) is 0 Å². The first-order valence-corrected chi connectivity index (χ1v) is 7.06. The van der Waals surface area contributed by atoms with Crippen LogP contribution >= 0.6 is 0 Å². The number of rotatable bonds is 6. The van der Waals surface area contributed by atoms with Crippen LogP contribution in [-0.4, -0.2) is 65.5 Å². The Morgan fingerprint density at radius 3 is 2.11 bits per heavy atom. The Balaban J connectivity index is 2.78. The predicted molar refractivity (Wildman–Crippen MR) is 63.9 cm³/mol. The molecule has 114 valence electrons. The zero-order chi connectivity index (χ0) is 14.6. The lowest BCUT2D eigenvalue weighted by Gasteiger charge is -2.43. The monoisotopic (exact) mass is 300 g/mol. The van der Waals surface area contributed by atoms with Crippen molar-refractivity contribution in [2.45, 2.75) is 31.5 Å². The maximum absolute atomic E-state index is 10.6. The van der Waals surface area contributed by atoms with Gasteiger partial charge in [0.05, 0.1) is 18.8 Å². The van der Waals surface area contributed by atoms with Crippen LogP contribution in [0.2, 0.25) is 0 Å². The third kappa shape index (κ3) is 4.35. The topological polar surface area (TPSA) is 101 Å². The van der Waals surface area contributed by atoms with E-state index in [4.69, 9.17) is 23.5 Å². The number of hydrogen-bond acceptors (Lipinski definition) is 7. The van der Waals surface area contributed by atoms with Crippen LogP contribution in [0.4, 0.5) is 0 Å². The molecule has 1 N–H and O–H groups in total. The van der Waals surface area contributed by atoms with Gasteiger partial charge in [-0.3, -0.25) is 4.55 Å². The molecule has 0 aliphatic carbocycles. The van der Waals surface area contributed by atoms with Crippen molar-refractivity contribution < 1.29 is 36.1 Å². The third-order valence-electron chi connectivity index (χ3n) is 3.16. The lowest BCUT2D eigenvalue weighted by Crippen LogP contribution is -2.56. The third-order valence-corrected chi connectivity index (χ3v) is 3.60. The Morgan fingerprint density at radius 2 is 1.68 bits per heavy atom. The maximum atomic E-state index is 10.6. The highest BCUT2D eigenvalue weighted by Crippen LogP contribution is 2.30. The Kier molecular flexibility index (Phi) is 6.12. The molecule has 9 heteroatoms. The summed E-state index contributed by atoms with van der Waals surface area (Å²) in [7, 11) is -0.0353. The van der Waals surface area contributed by atoms with Gasteiger partial charge in [-0.1, -0.05) is 6.92 Å². The molecule has 1 heterocycles. The first-order valence-electron chi connectivity index (χ1n) is 5.69. The molecule has 0 spiro atoms. The summed E-state index contributed by atoms with van der Waals surface area (Å²) in [5.41, 5.74) is 0. The first-order chi connectivity index (χ1) is 8.84. The summed E-state index contributed by atoms with van der Waals surface area (Å²) >= 11 is 0. The largest absolute Gasteiger partial charge is 0.397 e. The quantitative estimate of drug-likeness (QED) is 0.676. The fourth-order valence-corrected chi connectivity index (χ4v) is 2.47. The molecule has 0 saturated carbocycles. The normalized spacial score (nSPS) is 36.4. The van der Waals surface area contributed by atoms with Gasteiger partial charge < -0.3 is 18.9 Å². The highest BCUT2D eigenvalue weighted by Gasteiger charge is 2.45. The fourth-order valence-electron chi connectivity index (χ4n) is 2.17. The van der Waals surface area contributed by atoms with Gasteiger partial charge in [-0.25, -0.2) is 4.18 Å². The van der Waals surface area contributed by atoms with E-state index in [2.05, 4.69) is 4.18 Å². The smallest absolute Gasteiger partial charge is 0.378 e. The van der Waals surface area contributed by atoms with Gasteiger partial charge in [0.15, 0.2) is 6.29 Å². The molecule has 1 aliphatic heterocycles. The van der Waals surface area contributed by atoms with Crippen LogP contribution in [0.3, 0.4) is 0 Å². The highest BCUT2D eigenvalue weighted by molar-refractivity contribution is 7.80. The maximum Gasteiger partial charge on any atom is 0.397 e. The summed E-state index contributed by atoms with van der Waals surface area (Å²) in [4.78, 5) is 0. The predicted octanol–water partition coefficient (Wildman–Crippen LogP) is -0.157. The second-order valence-electron chi connectivity index (χ2n) is 4.25. The van der Waals surface area contributed by atoms with Crippen LogP contribution in [-0.2, 0) is 33.5 Å². The van der Waals surface area contributed by atoms with E-state index < -0.39 is 28.9 Å². The standard InChI is InChI=1S/C10H20O8S/c1-6-7(5-17-19(11,12)13)18-10(16-4)9(15-3)8(6)14-2/h6-10H,5H2,1-4H3,(H,11,12,13)/t6-,7?,8-,9+,10+/m0/s1. The molecule has 0 radical (unpaired) electrons. The van der Waals surface area contributed by atoms with Gasteiger partial charge in [-0.15, -0.1) is 0 Å². The molecule has 0 aromatic heterocycles. The van der Waals surface area contributed by atoms with E-state index in [0.717, 1.165) is 0 Å². The van der Waals surface area contributed by atoms with Gasteiger partial charge in [0.25, 0.3) is 0 Å².